The van der Waals surface area contributed by atoms with E-state index in [-0.39, 0.29) is 18.9 Å². The first-order chi connectivity index (χ1) is 16.2. The van der Waals surface area contributed by atoms with Gasteiger partial charge in [-0.2, -0.15) is 0 Å². The van der Waals surface area contributed by atoms with E-state index in [2.05, 4.69) is 16.9 Å². The predicted molar refractivity (Wildman–Crippen MR) is 136 cm³/mol. The summed E-state index contributed by atoms with van der Waals surface area (Å²) in [6.07, 6.45) is -0.871. The number of benzene rings is 2. The summed E-state index contributed by atoms with van der Waals surface area (Å²) in [5, 5.41) is 9.98. The third-order valence-electron chi connectivity index (χ3n) is 6.39. The van der Waals surface area contributed by atoms with Crippen LogP contribution in [0.3, 0.4) is 0 Å². The summed E-state index contributed by atoms with van der Waals surface area (Å²) in [5.41, 5.74) is 2.69. The topological polar surface area (TPSA) is 102 Å². The first-order valence-corrected chi connectivity index (χ1v) is 12.3. The second-order valence-corrected chi connectivity index (χ2v) is 11.7. The maximum absolute atomic E-state index is 12.6. The molecule has 8 heteroatoms. The summed E-state index contributed by atoms with van der Waals surface area (Å²) in [4.78, 5) is 37.2. The fourth-order valence-corrected chi connectivity index (χ4v) is 4.93. The fourth-order valence-electron chi connectivity index (χ4n) is 4.15. The number of esters is 1. The molecule has 0 aromatic heterocycles. The van der Waals surface area contributed by atoms with Crippen molar-refractivity contribution in [3.63, 3.8) is 0 Å². The van der Waals surface area contributed by atoms with Crippen molar-refractivity contribution < 1.29 is 29.0 Å². The van der Waals surface area contributed by atoms with Crippen molar-refractivity contribution in [3.05, 3.63) is 59.7 Å². The Labute approximate surface area is 210 Å². The molecule has 35 heavy (non-hydrogen) atoms. The Kier molecular flexibility index (Phi) is 7.55. The lowest BCUT2D eigenvalue weighted by Gasteiger charge is -2.39. The van der Waals surface area contributed by atoms with Crippen LogP contribution >= 0.6 is 11.9 Å². The van der Waals surface area contributed by atoms with E-state index in [9.17, 15) is 19.5 Å². The number of aliphatic carboxylic acids is 1. The molecule has 0 heterocycles. The molecule has 0 radical (unpaired) electrons. The minimum absolute atomic E-state index is 0.104. The second kappa shape index (κ2) is 9.93. The third kappa shape index (κ3) is 5.81. The summed E-state index contributed by atoms with van der Waals surface area (Å²) in [5.74, 6) is -1.76. The Morgan fingerprint density at radius 3 is 1.91 bits per heavy atom. The van der Waals surface area contributed by atoms with E-state index in [1.54, 1.807) is 34.6 Å². The molecule has 3 rings (SSSR count). The van der Waals surface area contributed by atoms with Gasteiger partial charge in [0.05, 0.1) is 6.42 Å². The van der Waals surface area contributed by atoms with Crippen molar-refractivity contribution >= 4 is 30.0 Å². The van der Waals surface area contributed by atoms with E-state index in [0.29, 0.717) is 0 Å². The molecule has 2 N–H and O–H groups in total. The van der Waals surface area contributed by atoms with E-state index in [0.717, 1.165) is 34.2 Å². The molecule has 0 bridgehead atoms. The lowest BCUT2D eigenvalue weighted by molar-refractivity contribution is -0.158. The van der Waals surface area contributed by atoms with E-state index in [1.165, 1.54) is 6.92 Å². The van der Waals surface area contributed by atoms with Gasteiger partial charge in [-0.1, -0.05) is 62.4 Å². The zero-order valence-electron chi connectivity index (χ0n) is 21.0. The second-order valence-electron chi connectivity index (χ2n) is 10.5. The van der Waals surface area contributed by atoms with Crippen LogP contribution in [-0.4, -0.2) is 40.1 Å². The van der Waals surface area contributed by atoms with Crippen molar-refractivity contribution in [1.29, 1.82) is 0 Å². The summed E-state index contributed by atoms with van der Waals surface area (Å²) >= 11 is 0.729. The van der Waals surface area contributed by atoms with Crippen molar-refractivity contribution in [2.45, 2.75) is 64.2 Å². The normalized spacial score (nSPS) is 14.9. The van der Waals surface area contributed by atoms with Crippen molar-refractivity contribution in [3.8, 4) is 11.1 Å². The van der Waals surface area contributed by atoms with Crippen molar-refractivity contribution in [2.75, 3.05) is 6.61 Å². The molecule has 0 saturated heterocycles. The number of rotatable bonds is 8. The van der Waals surface area contributed by atoms with Gasteiger partial charge in [-0.3, -0.25) is 14.3 Å². The number of fused-ring (bicyclic) bond motifs is 3. The highest BCUT2D eigenvalue weighted by atomic mass is 32.2. The van der Waals surface area contributed by atoms with Gasteiger partial charge in [-0.05, 0) is 61.9 Å². The molecular formula is C27H33NO6S. The molecule has 0 spiro atoms. The lowest BCUT2D eigenvalue weighted by Crippen LogP contribution is -2.49. The highest BCUT2D eigenvalue weighted by molar-refractivity contribution is 8.00. The van der Waals surface area contributed by atoms with Gasteiger partial charge in [0.1, 0.15) is 17.0 Å². The van der Waals surface area contributed by atoms with E-state index in [4.69, 9.17) is 9.47 Å². The summed E-state index contributed by atoms with van der Waals surface area (Å²) in [6, 6.07) is 16.0. The van der Waals surface area contributed by atoms with Crippen LogP contribution < -0.4 is 4.72 Å². The first kappa shape index (κ1) is 26.6. The van der Waals surface area contributed by atoms with Crippen LogP contribution in [0.5, 0.6) is 0 Å². The van der Waals surface area contributed by atoms with Gasteiger partial charge in [-0.15, -0.1) is 0 Å². The molecule has 1 atom stereocenters. The number of hydrogen-bond acceptors (Lipinski definition) is 6. The number of carboxylic acids is 1. The van der Waals surface area contributed by atoms with Gasteiger partial charge < -0.3 is 14.6 Å². The quantitative estimate of drug-likeness (QED) is 0.351. The van der Waals surface area contributed by atoms with Crippen LogP contribution in [0.15, 0.2) is 48.5 Å². The number of carbonyl (C=O) groups is 3. The molecular weight excluding hydrogens is 466 g/mol. The van der Waals surface area contributed by atoms with E-state index < -0.39 is 33.8 Å². The largest absolute Gasteiger partial charge is 0.480 e. The highest BCUT2D eigenvalue weighted by Gasteiger charge is 2.50. The SMILES string of the molecule is CC(C)(C)OC(=O)CC(C)(C)C(C)(SNC(=O)OCC1c2ccccc2-c2ccccc21)C(=O)O. The number of hydrogen-bond donors (Lipinski definition) is 2. The predicted octanol–water partition coefficient (Wildman–Crippen LogP) is 5.77. The zero-order chi connectivity index (χ0) is 26.0. The highest BCUT2D eigenvalue weighted by Crippen LogP contribution is 2.45. The Hall–Kier alpha value is -3.00. The molecule has 2 aromatic carbocycles. The first-order valence-electron chi connectivity index (χ1n) is 11.5. The maximum atomic E-state index is 12.6. The Morgan fingerprint density at radius 1 is 0.914 bits per heavy atom. The molecule has 1 amide bonds. The number of carbonyl (C=O) groups excluding carboxylic acids is 2. The van der Waals surface area contributed by atoms with Crippen LogP contribution in [0.25, 0.3) is 11.1 Å². The third-order valence-corrected chi connectivity index (χ3v) is 7.79. The molecule has 0 saturated carbocycles. The van der Waals surface area contributed by atoms with Crippen LogP contribution in [0.1, 0.15) is 65.0 Å². The molecule has 0 fully saturated rings. The Morgan fingerprint density at radius 2 is 1.43 bits per heavy atom. The minimum Gasteiger partial charge on any atom is -0.480 e. The van der Waals surface area contributed by atoms with E-state index in [1.807, 2.05) is 36.4 Å². The van der Waals surface area contributed by atoms with Crippen LogP contribution in [0.4, 0.5) is 4.79 Å². The van der Waals surface area contributed by atoms with Gasteiger partial charge in [0, 0.05) is 11.3 Å². The van der Waals surface area contributed by atoms with Crippen molar-refractivity contribution in [1.82, 2.24) is 4.72 Å². The Bertz CT molecular complexity index is 1080. The van der Waals surface area contributed by atoms with Crippen molar-refractivity contribution in [2.24, 2.45) is 5.41 Å². The lowest BCUT2D eigenvalue weighted by atomic mass is 9.76. The molecule has 1 aliphatic rings. The molecule has 0 aliphatic heterocycles. The average Bonchev–Trinajstić information content (AvgIpc) is 3.07. The smallest absolute Gasteiger partial charge is 0.417 e. The maximum Gasteiger partial charge on any atom is 0.417 e. The van der Waals surface area contributed by atoms with Gasteiger partial charge in [-0.25, -0.2) is 4.79 Å². The molecule has 188 valence electrons. The average molecular weight is 500 g/mol. The standard InChI is InChI=1S/C27H33NO6S/c1-25(2,3)34-22(29)15-26(4,5)27(6,23(30)31)35-28-24(32)33-16-21-19-13-9-7-11-17(19)18-12-8-10-14-20(18)21/h7-14,21H,15-16H2,1-6H3,(H,28,32)(H,30,31). The minimum atomic E-state index is -1.52. The van der Waals surface area contributed by atoms with Gasteiger partial charge in [0.15, 0.2) is 0 Å². The summed E-state index contributed by atoms with van der Waals surface area (Å²) < 4.78 is 11.9. The molecule has 1 aliphatic carbocycles. The summed E-state index contributed by atoms with van der Waals surface area (Å²) in [7, 11) is 0. The van der Waals surface area contributed by atoms with E-state index >= 15 is 0 Å². The van der Waals surface area contributed by atoms with Crippen LogP contribution in [0.2, 0.25) is 0 Å². The number of carboxylic acid groups (broad SMARTS) is 1. The number of ether oxygens (including phenoxy) is 2. The molecule has 7 nitrogen and oxygen atoms in total. The molecule has 2 aromatic rings. The van der Waals surface area contributed by atoms with Crippen LogP contribution in [0, 0.1) is 5.41 Å². The number of amides is 1. The summed E-state index contributed by atoms with van der Waals surface area (Å²) in [6.45, 7) is 10.2. The number of nitrogens with one attached hydrogen (secondary N) is 1. The van der Waals surface area contributed by atoms with Gasteiger partial charge in [0.25, 0.3) is 0 Å². The molecule has 1 unspecified atom stereocenters. The van der Waals surface area contributed by atoms with Gasteiger partial charge in [0.2, 0.25) is 0 Å². The monoisotopic (exact) mass is 499 g/mol. The van der Waals surface area contributed by atoms with Crippen LogP contribution in [-0.2, 0) is 19.1 Å². The Balaban J connectivity index is 1.65. The zero-order valence-corrected chi connectivity index (χ0v) is 21.8. The fraction of sp³-hybridized carbons (Fsp3) is 0.444. The van der Waals surface area contributed by atoms with Gasteiger partial charge >= 0.3 is 18.0 Å².